The third kappa shape index (κ3) is 52.1. The minimum Gasteiger partial charge on any atom is -0.462 e. The Balaban J connectivity index is 2.31. The molecule has 1 heterocycles. The van der Waals surface area contributed by atoms with Crippen LogP contribution in [0.3, 0.4) is 0 Å². The van der Waals surface area contributed by atoms with Gasteiger partial charge in [0.25, 0.3) is 0 Å². The summed E-state index contributed by atoms with van der Waals surface area (Å²) in [5, 5.41) is 1.79. The van der Waals surface area contributed by atoms with Crippen molar-refractivity contribution < 1.29 is 81.1 Å². The van der Waals surface area contributed by atoms with Gasteiger partial charge in [0, 0.05) is 56.7 Å². The van der Waals surface area contributed by atoms with Gasteiger partial charge in [-0.15, -0.1) is 11.8 Å². The molecule has 0 aromatic carbocycles. The number of nitrogens with zero attached hydrogens (tertiary/aromatic N) is 1. The number of Topliss-reactive ketones (excluding diaryl/α,β-unsaturated/α-hetero) is 2. The smallest absolute Gasteiger partial charge is 0.306 e. The SMILES string of the molecule is CCCCCCCCCCCCCCCC(=O)OCC(CSCC(N)C(=O)CSC1CC(=O)N(CCC(=O)NOCC(=O)NCCOCCOCCOCCOCCOCCOCCC(C)=O)C1=O)OC(=O)CCCCCCCCCCCCCCC. The van der Waals surface area contributed by atoms with E-state index in [1.165, 1.54) is 141 Å². The summed E-state index contributed by atoms with van der Waals surface area (Å²) in [5.41, 5.74) is 8.43. The van der Waals surface area contributed by atoms with E-state index in [9.17, 15) is 38.4 Å². The standard InChI is InChI=1S/C64H116N4O17S2/c1-4-6-8-10-12-14-16-18-20-22-24-26-28-30-62(74)83-49-55(85-63(75)31-29-27-25-23-21-19-17-15-13-11-9-7-5-2)51-86-52-56(65)57(70)53-87-58-48-61(73)68(64(58)76)35-32-59(71)67-84-50-60(72)66-34-37-78-39-41-80-43-45-82-47-46-81-44-42-79-40-38-77-36-33-54(3)69/h55-56,58H,4-53,65H2,1-3H3,(H,66,72)(H,67,71). The summed E-state index contributed by atoms with van der Waals surface area (Å²) in [5.74, 6) is -2.65. The van der Waals surface area contributed by atoms with Crippen molar-refractivity contribution in [3.63, 3.8) is 0 Å². The number of ether oxygens (including phenoxy) is 8. The monoisotopic (exact) mass is 1280 g/mol. The number of imide groups is 1. The van der Waals surface area contributed by atoms with Crippen LogP contribution in [-0.2, 0) is 81.1 Å². The molecular weight excluding hydrogens is 1160 g/mol. The van der Waals surface area contributed by atoms with E-state index in [0.29, 0.717) is 85.5 Å². The molecule has 1 aliphatic rings. The number of nitrogens with two attached hydrogens (primary N) is 1. The molecule has 1 aliphatic heterocycles. The first-order chi connectivity index (χ1) is 42.4. The number of hydrogen-bond acceptors (Lipinski definition) is 20. The number of carbonyl (C=O) groups excluding carboxylic acids is 8. The van der Waals surface area contributed by atoms with Crippen LogP contribution in [0, 0.1) is 0 Å². The lowest BCUT2D eigenvalue weighted by Crippen LogP contribution is -2.38. The molecule has 0 spiro atoms. The third-order valence-electron chi connectivity index (χ3n) is 14.3. The molecule has 0 radical (unpaired) electrons. The first-order valence-electron chi connectivity index (χ1n) is 33.2. The van der Waals surface area contributed by atoms with Crippen LogP contribution in [0.5, 0.6) is 0 Å². The quantitative estimate of drug-likeness (QED) is 0.0221. The van der Waals surface area contributed by atoms with Crippen molar-refractivity contribution in [1.82, 2.24) is 15.7 Å². The number of thioether (sulfide) groups is 2. The molecule has 0 saturated carbocycles. The molecule has 3 atom stereocenters. The minimum absolute atomic E-state index is 0.0793. The Kier molecular flexibility index (Phi) is 56.7. The number of amides is 4. The predicted molar refractivity (Wildman–Crippen MR) is 341 cm³/mol. The van der Waals surface area contributed by atoms with Crippen LogP contribution in [0.15, 0.2) is 0 Å². The number of rotatable bonds is 66. The molecule has 1 rings (SSSR count). The summed E-state index contributed by atoms with van der Waals surface area (Å²) in [6.45, 7) is 10.1. The molecule has 0 aliphatic carbocycles. The number of likely N-dealkylation sites (tertiary alicyclic amines) is 1. The van der Waals surface area contributed by atoms with E-state index in [2.05, 4.69) is 24.6 Å². The van der Waals surface area contributed by atoms with Crippen LogP contribution in [0.4, 0.5) is 0 Å². The summed E-state index contributed by atoms with van der Waals surface area (Å²) in [4.78, 5) is 106. The van der Waals surface area contributed by atoms with Gasteiger partial charge in [-0.3, -0.25) is 48.1 Å². The number of carbonyl (C=O) groups is 8. The molecule has 1 saturated heterocycles. The van der Waals surface area contributed by atoms with Crippen molar-refractivity contribution in [2.45, 2.75) is 237 Å². The van der Waals surface area contributed by atoms with Crippen LogP contribution < -0.4 is 16.5 Å². The second-order valence-corrected chi connectivity index (χ2v) is 24.6. The maximum absolute atomic E-state index is 13.1. The van der Waals surface area contributed by atoms with Crippen molar-refractivity contribution in [1.29, 1.82) is 0 Å². The Hall–Kier alpha value is -3.26. The Morgan fingerprint density at radius 3 is 1.45 bits per heavy atom. The van der Waals surface area contributed by atoms with E-state index >= 15 is 0 Å². The van der Waals surface area contributed by atoms with Crippen LogP contribution in [0.25, 0.3) is 0 Å². The van der Waals surface area contributed by atoms with E-state index in [0.717, 1.165) is 61.6 Å². The fourth-order valence-electron chi connectivity index (χ4n) is 9.10. The highest BCUT2D eigenvalue weighted by Gasteiger charge is 2.39. The van der Waals surface area contributed by atoms with Crippen LogP contribution in [0.1, 0.15) is 220 Å². The van der Waals surface area contributed by atoms with Gasteiger partial charge in [-0.05, 0) is 19.8 Å². The van der Waals surface area contributed by atoms with Gasteiger partial charge in [-0.2, -0.15) is 11.8 Å². The van der Waals surface area contributed by atoms with Gasteiger partial charge < -0.3 is 48.9 Å². The van der Waals surface area contributed by atoms with Gasteiger partial charge in [0.1, 0.15) is 18.5 Å². The zero-order chi connectivity index (χ0) is 63.5. The van der Waals surface area contributed by atoms with Gasteiger partial charge in [0.2, 0.25) is 23.6 Å². The average molecular weight is 1280 g/mol. The largest absolute Gasteiger partial charge is 0.462 e. The second kappa shape index (κ2) is 60.3. The first kappa shape index (κ1) is 81.8. The zero-order valence-electron chi connectivity index (χ0n) is 53.9. The highest BCUT2D eigenvalue weighted by Crippen LogP contribution is 2.26. The summed E-state index contributed by atoms with van der Waals surface area (Å²) >= 11 is 2.34. The van der Waals surface area contributed by atoms with E-state index in [1.54, 1.807) is 0 Å². The van der Waals surface area contributed by atoms with E-state index < -0.39 is 47.6 Å². The molecule has 87 heavy (non-hydrogen) atoms. The van der Waals surface area contributed by atoms with Gasteiger partial charge in [0.05, 0.1) is 96.3 Å². The number of hydroxylamine groups is 1. The van der Waals surface area contributed by atoms with Crippen molar-refractivity contribution in [2.75, 3.05) is 123 Å². The van der Waals surface area contributed by atoms with Gasteiger partial charge in [-0.1, -0.05) is 168 Å². The molecular formula is C64H116N4O17S2. The maximum atomic E-state index is 13.1. The molecule has 0 bridgehead atoms. The minimum atomic E-state index is -0.895. The van der Waals surface area contributed by atoms with Crippen LogP contribution in [0.2, 0.25) is 0 Å². The van der Waals surface area contributed by atoms with Gasteiger partial charge in [0.15, 0.2) is 12.4 Å². The van der Waals surface area contributed by atoms with Gasteiger partial charge >= 0.3 is 11.9 Å². The van der Waals surface area contributed by atoms with Crippen LogP contribution >= 0.6 is 23.5 Å². The molecule has 1 fully saturated rings. The maximum Gasteiger partial charge on any atom is 0.306 e. The molecule has 0 aromatic rings. The fourth-order valence-corrected chi connectivity index (χ4v) is 11.2. The number of hydrogen-bond donors (Lipinski definition) is 3. The molecule has 3 unspecified atom stereocenters. The predicted octanol–water partition coefficient (Wildman–Crippen LogP) is 9.53. The normalized spacial score (nSPS) is 13.9. The molecule has 21 nitrogen and oxygen atoms in total. The molecule has 23 heteroatoms. The van der Waals surface area contributed by atoms with Crippen molar-refractivity contribution >= 4 is 70.7 Å². The summed E-state index contributed by atoms with van der Waals surface area (Å²) in [6, 6.07) is -0.895. The van der Waals surface area contributed by atoms with Crippen LogP contribution in [-0.4, -0.2) is 192 Å². The van der Waals surface area contributed by atoms with Crippen molar-refractivity contribution in [3.05, 3.63) is 0 Å². The number of esters is 2. The lowest BCUT2D eigenvalue weighted by molar-refractivity contribution is -0.157. The summed E-state index contributed by atoms with van der Waals surface area (Å²) in [6.07, 6.45) is 31.2. The third-order valence-corrected chi connectivity index (χ3v) is 16.7. The highest BCUT2D eigenvalue weighted by atomic mass is 32.2. The Morgan fingerprint density at radius 2 is 0.977 bits per heavy atom. The van der Waals surface area contributed by atoms with E-state index in [4.69, 9.17) is 48.5 Å². The lowest BCUT2D eigenvalue weighted by atomic mass is 10.0. The Bertz CT molecular complexity index is 1770. The number of unbranched alkanes of at least 4 members (excludes halogenated alkanes) is 24. The zero-order valence-corrected chi connectivity index (χ0v) is 55.5. The van der Waals surface area contributed by atoms with Gasteiger partial charge in [-0.25, -0.2) is 5.48 Å². The van der Waals surface area contributed by atoms with E-state index in [1.807, 2.05) is 0 Å². The fraction of sp³-hybridized carbons (Fsp3) is 0.875. The highest BCUT2D eigenvalue weighted by molar-refractivity contribution is 8.01. The number of nitrogens with one attached hydrogen (secondary N) is 2. The Morgan fingerprint density at radius 1 is 0.540 bits per heavy atom. The molecule has 4 amide bonds. The van der Waals surface area contributed by atoms with Crippen molar-refractivity contribution in [2.24, 2.45) is 5.73 Å². The molecule has 0 aromatic heterocycles. The number of ketones is 2. The van der Waals surface area contributed by atoms with E-state index in [-0.39, 0.29) is 86.3 Å². The second-order valence-electron chi connectivity index (χ2n) is 22.3. The molecule has 506 valence electrons. The van der Waals surface area contributed by atoms with Crippen molar-refractivity contribution in [3.8, 4) is 0 Å². The summed E-state index contributed by atoms with van der Waals surface area (Å²) < 4.78 is 43.9. The Labute approximate surface area is 530 Å². The topological polar surface area (TPSA) is 273 Å². The first-order valence-corrected chi connectivity index (χ1v) is 35.4. The summed E-state index contributed by atoms with van der Waals surface area (Å²) in [7, 11) is 0. The molecule has 4 N–H and O–H groups in total. The average Bonchev–Trinajstić information content (AvgIpc) is 3.01. The lowest BCUT2D eigenvalue weighted by Gasteiger charge is -2.19.